The number of benzene rings is 1. The van der Waals surface area contributed by atoms with Crippen molar-refractivity contribution < 1.29 is 4.79 Å². The predicted molar refractivity (Wildman–Crippen MR) is 103 cm³/mol. The Labute approximate surface area is 150 Å². The summed E-state index contributed by atoms with van der Waals surface area (Å²) in [7, 11) is 0. The van der Waals surface area contributed by atoms with Crippen LogP contribution in [0.5, 0.6) is 0 Å². The van der Waals surface area contributed by atoms with Crippen LogP contribution in [0.25, 0.3) is 0 Å². The molecule has 1 aliphatic rings. The van der Waals surface area contributed by atoms with Gasteiger partial charge in [0.25, 0.3) is 0 Å². The first kappa shape index (κ1) is 17.5. The summed E-state index contributed by atoms with van der Waals surface area (Å²) < 4.78 is 0. The van der Waals surface area contributed by atoms with Crippen molar-refractivity contribution in [3.8, 4) is 0 Å². The van der Waals surface area contributed by atoms with E-state index in [2.05, 4.69) is 47.7 Å². The van der Waals surface area contributed by atoms with E-state index in [0.29, 0.717) is 5.92 Å². The number of anilines is 3. The van der Waals surface area contributed by atoms with Gasteiger partial charge >= 0.3 is 0 Å². The summed E-state index contributed by atoms with van der Waals surface area (Å²) in [5.74, 6) is 1.51. The normalized spacial score (nSPS) is 15.2. The maximum absolute atomic E-state index is 12.3. The molecule has 1 aromatic heterocycles. The number of hydrogen-bond donors (Lipinski definition) is 2. The smallest absolute Gasteiger partial charge is 0.227 e. The second-order valence-corrected chi connectivity index (χ2v) is 7.12. The van der Waals surface area contributed by atoms with E-state index in [-0.39, 0.29) is 11.8 Å². The Morgan fingerprint density at radius 1 is 1.08 bits per heavy atom. The third-order valence-corrected chi connectivity index (χ3v) is 4.85. The standard InChI is InChI=1S/C21H27N3O/c1-15(2)18-10-6-7-11-19(18)24-20-13-12-17(14-22-20)23-21(25)16-8-4-3-5-9-16/h6-7,10-16H,3-5,8-9H2,1-2H3,(H,22,24)(H,23,25). The highest BCUT2D eigenvalue weighted by molar-refractivity contribution is 5.92. The number of carbonyl (C=O) groups is 1. The highest BCUT2D eigenvalue weighted by atomic mass is 16.1. The van der Waals surface area contributed by atoms with Crippen molar-refractivity contribution in [1.82, 2.24) is 4.98 Å². The van der Waals surface area contributed by atoms with Gasteiger partial charge < -0.3 is 10.6 Å². The molecule has 132 valence electrons. The third kappa shape index (κ3) is 4.59. The molecule has 0 spiro atoms. The number of rotatable bonds is 5. The van der Waals surface area contributed by atoms with E-state index in [1.807, 2.05) is 18.2 Å². The van der Waals surface area contributed by atoms with Crippen molar-refractivity contribution >= 4 is 23.1 Å². The summed E-state index contributed by atoms with van der Waals surface area (Å²) >= 11 is 0. The number of aromatic nitrogens is 1. The molecule has 0 radical (unpaired) electrons. The van der Waals surface area contributed by atoms with Crippen LogP contribution in [0.3, 0.4) is 0 Å². The summed E-state index contributed by atoms with van der Waals surface area (Å²) in [6.45, 7) is 4.36. The number of hydrogen-bond acceptors (Lipinski definition) is 3. The van der Waals surface area contributed by atoms with Gasteiger partial charge in [0.15, 0.2) is 0 Å². The minimum absolute atomic E-state index is 0.132. The highest BCUT2D eigenvalue weighted by Gasteiger charge is 2.21. The topological polar surface area (TPSA) is 54.0 Å². The molecule has 1 fully saturated rings. The number of amides is 1. The lowest BCUT2D eigenvalue weighted by molar-refractivity contribution is -0.120. The molecule has 1 saturated carbocycles. The van der Waals surface area contributed by atoms with Crippen LogP contribution in [0.15, 0.2) is 42.6 Å². The SMILES string of the molecule is CC(C)c1ccccc1Nc1ccc(NC(=O)C2CCCCC2)cn1. The van der Waals surface area contributed by atoms with Crippen LogP contribution in [-0.2, 0) is 4.79 Å². The summed E-state index contributed by atoms with van der Waals surface area (Å²) in [6.07, 6.45) is 7.31. The van der Waals surface area contributed by atoms with Crippen LogP contribution in [0.2, 0.25) is 0 Å². The predicted octanol–water partition coefficient (Wildman–Crippen LogP) is 5.47. The van der Waals surface area contributed by atoms with Crippen LogP contribution in [0.4, 0.5) is 17.2 Å². The van der Waals surface area contributed by atoms with E-state index in [1.165, 1.54) is 12.0 Å². The fourth-order valence-electron chi connectivity index (χ4n) is 3.40. The maximum atomic E-state index is 12.3. The van der Waals surface area contributed by atoms with E-state index in [9.17, 15) is 4.79 Å². The molecule has 25 heavy (non-hydrogen) atoms. The molecule has 3 rings (SSSR count). The number of nitrogens with one attached hydrogen (secondary N) is 2. The van der Waals surface area contributed by atoms with Gasteiger partial charge in [0.2, 0.25) is 5.91 Å². The van der Waals surface area contributed by atoms with Crippen LogP contribution in [0.1, 0.15) is 57.4 Å². The van der Waals surface area contributed by atoms with Crippen molar-refractivity contribution in [2.75, 3.05) is 10.6 Å². The summed E-state index contributed by atoms with van der Waals surface area (Å²) in [6, 6.07) is 12.1. The van der Waals surface area contributed by atoms with Crippen LogP contribution in [0, 0.1) is 5.92 Å². The molecule has 2 aromatic rings. The van der Waals surface area contributed by atoms with Gasteiger partial charge in [-0.25, -0.2) is 4.98 Å². The monoisotopic (exact) mass is 337 g/mol. The molecule has 2 N–H and O–H groups in total. The second kappa shape index (κ2) is 8.15. The number of pyridine rings is 1. The zero-order valence-corrected chi connectivity index (χ0v) is 15.1. The summed E-state index contributed by atoms with van der Waals surface area (Å²) in [5.41, 5.74) is 3.10. The lowest BCUT2D eigenvalue weighted by Gasteiger charge is -2.20. The van der Waals surface area contributed by atoms with E-state index in [0.717, 1.165) is 42.9 Å². The Kier molecular flexibility index (Phi) is 5.69. The largest absolute Gasteiger partial charge is 0.340 e. The minimum Gasteiger partial charge on any atom is -0.340 e. The first-order valence-electron chi connectivity index (χ1n) is 9.26. The van der Waals surface area contributed by atoms with Crippen molar-refractivity contribution in [3.63, 3.8) is 0 Å². The van der Waals surface area contributed by atoms with Crippen LogP contribution in [-0.4, -0.2) is 10.9 Å². The van der Waals surface area contributed by atoms with Gasteiger partial charge in [0, 0.05) is 11.6 Å². The Bertz CT molecular complexity index is 703. The molecule has 1 aromatic carbocycles. The van der Waals surface area contributed by atoms with Crippen molar-refractivity contribution in [2.45, 2.75) is 51.9 Å². The van der Waals surface area contributed by atoms with Gasteiger partial charge in [-0.1, -0.05) is 51.3 Å². The van der Waals surface area contributed by atoms with E-state index < -0.39 is 0 Å². The number of para-hydroxylation sites is 1. The molecule has 4 nitrogen and oxygen atoms in total. The van der Waals surface area contributed by atoms with Crippen molar-refractivity contribution in [2.24, 2.45) is 5.92 Å². The molecule has 0 atom stereocenters. The molecule has 0 bridgehead atoms. The van der Waals surface area contributed by atoms with Gasteiger partial charge in [0.1, 0.15) is 5.82 Å². The first-order valence-corrected chi connectivity index (χ1v) is 9.26. The lowest BCUT2D eigenvalue weighted by Crippen LogP contribution is -2.24. The van der Waals surface area contributed by atoms with E-state index in [4.69, 9.17) is 0 Å². The first-order chi connectivity index (χ1) is 12.1. The molecule has 0 saturated heterocycles. The van der Waals surface area contributed by atoms with Crippen LogP contribution < -0.4 is 10.6 Å². The van der Waals surface area contributed by atoms with Gasteiger partial charge in [-0.05, 0) is 42.5 Å². The molecule has 1 aliphatic carbocycles. The zero-order chi connectivity index (χ0) is 17.6. The van der Waals surface area contributed by atoms with E-state index in [1.54, 1.807) is 6.20 Å². The van der Waals surface area contributed by atoms with Gasteiger partial charge in [-0.2, -0.15) is 0 Å². The van der Waals surface area contributed by atoms with Gasteiger partial charge in [-0.15, -0.1) is 0 Å². The molecule has 1 heterocycles. The molecule has 4 heteroatoms. The minimum atomic E-state index is 0.132. The number of carbonyl (C=O) groups excluding carboxylic acids is 1. The van der Waals surface area contributed by atoms with Crippen molar-refractivity contribution in [3.05, 3.63) is 48.2 Å². The fraction of sp³-hybridized carbons (Fsp3) is 0.429. The Balaban J connectivity index is 1.63. The second-order valence-electron chi connectivity index (χ2n) is 7.12. The molecule has 0 aliphatic heterocycles. The van der Waals surface area contributed by atoms with Gasteiger partial charge in [0.05, 0.1) is 11.9 Å². The molecule has 0 unspecified atom stereocenters. The number of nitrogens with zero attached hydrogens (tertiary/aromatic N) is 1. The summed E-state index contributed by atoms with van der Waals surface area (Å²) in [4.78, 5) is 16.8. The van der Waals surface area contributed by atoms with Gasteiger partial charge in [-0.3, -0.25) is 4.79 Å². The third-order valence-electron chi connectivity index (χ3n) is 4.85. The molecular weight excluding hydrogens is 310 g/mol. The molecular formula is C21H27N3O. The zero-order valence-electron chi connectivity index (χ0n) is 15.1. The Morgan fingerprint density at radius 2 is 1.84 bits per heavy atom. The fourth-order valence-corrected chi connectivity index (χ4v) is 3.40. The Morgan fingerprint density at radius 3 is 2.52 bits per heavy atom. The quantitative estimate of drug-likeness (QED) is 0.761. The summed E-state index contributed by atoms with van der Waals surface area (Å²) in [5, 5.41) is 6.38. The highest BCUT2D eigenvalue weighted by Crippen LogP contribution is 2.27. The maximum Gasteiger partial charge on any atom is 0.227 e. The average molecular weight is 337 g/mol. The average Bonchev–Trinajstić information content (AvgIpc) is 2.64. The van der Waals surface area contributed by atoms with Crippen molar-refractivity contribution in [1.29, 1.82) is 0 Å². The molecule has 1 amide bonds. The Hall–Kier alpha value is -2.36. The lowest BCUT2D eigenvalue weighted by atomic mass is 9.88. The van der Waals surface area contributed by atoms with Crippen LogP contribution >= 0.6 is 0 Å². The van der Waals surface area contributed by atoms with E-state index >= 15 is 0 Å².